The second-order valence-corrected chi connectivity index (χ2v) is 9.29. The van der Waals surface area contributed by atoms with Gasteiger partial charge in [0.15, 0.2) is 11.4 Å². The second-order valence-electron chi connectivity index (χ2n) is 9.29. The predicted molar refractivity (Wildman–Crippen MR) is 126 cm³/mol. The first-order valence-corrected chi connectivity index (χ1v) is 12.1. The zero-order chi connectivity index (χ0) is 25.6. The maximum absolute atomic E-state index is 13.9. The van der Waals surface area contributed by atoms with E-state index in [-0.39, 0.29) is 41.5 Å². The average Bonchev–Trinajstić information content (AvgIpc) is 3.36. The van der Waals surface area contributed by atoms with Crippen LogP contribution in [0, 0.1) is 0 Å². The van der Waals surface area contributed by atoms with Gasteiger partial charge < -0.3 is 25.1 Å². The summed E-state index contributed by atoms with van der Waals surface area (Å²) in [6.07, 6.45) is 3.21. The van der Waals surface area contributed by atoms with E-state index < -0.39 is 18.0 Å². The number of hydrazine groups is 1. The number of alkyl halides is 3. The molecule has 0 spiro atoms. The summed E-state index contributed by atoms with van der Waals surface area (Å²) in [7, 11) is 2.95. The molecule has 0 aliphatic heterocycles. The molecule has 2 fully saturated rings. The molecule has 4 N–H and O–H groups in total. The lowest BCUT2D eigenvalue weighted by atomic mass is 9.98. The van der Waals surface area contributed by atoms with Crippen LogP contribution in [0.25, 0.3) is 5.70 Å². The maximum atomic E-state index is 13.9. The van der Waals surface area contributed by atoms with E-state index in [1.807, 2.05) is 0 Å². The molecule has 1 atom stereocenters. The monoisotopic (exact) mass is 499 g/mol. The average molecular weight is 500 g/mol. The van der Waals surface area contributed by atoms with Gasteiger partial charge in [-0.25, -0.2) is 10.8 Å². The van der Waals surface area contributed by atoms with Crippen LogP contribution in [-0.2, 0) is 15.7 Å². The Kier molecular flexibility index (Phi) is 9.23. The Morgan fingerprint density at radius 3 is 2.34 bits per heavy atom. The predicted octanol–water partition coefficient (Wildman–Crippen LogP) is 3.66. The van der Waals surface area contributed by atoms with E-state index in [2.05, 4.69) is 4.98 Å². The van der Waals surface area contributed by atoms with Crippen LogP contribution in [-0.4, -0.2) is 60.3 Å². The van der Waals surface area contributed by atoms with Crippen molar-refractivity contribution in [2.75, 3.05) is 20.7 Å². The van der Waals surface area contributed by atoms with Gasteiger partial charge in [-0.2, -0.15) is 13.2 Å². The SMILES string of the molecule is COC(CN(C=O)C1CCCC1)/C(=C(/N)c1ccc(OC2CCCCC2)c(C(F)(F)F)n1)N(C)N. The number of nitrogens with two attached hydrogens (primary N) is 2. The molecule has 8 nitrogen and oxygen atoms in total. The molecule has 11 heteroatoms. The standard InChI is InChI=1S/C24H36F3N5O3/c1-31(29)22(20(34-2)14-32(15-33)16-8-6-7-9-16)21(28)18-12-13-19(23(30-18)24(25,26)27)35-17-10-4-3-5-11-17/h12-13,15-17,20H,3-11,14,28-29H2,1-2H3/b22-21-. The highest BCUT2D eigenvalue weighted by Gasteiger charge is 2.38. The highest BCUT2D eigenvalue weighted by molar-refractivity contribution is 5.64. The molecule has 2 aliphatic rings. The van der Waals surface area contributed by atoms with Crippen LogP contribution < -0.4 is 16.3 Å². The summed E-state index contributed by atoms with van der Waals surface area (Å²) in [5.41, 5.74) is 5.28. The van der Waals surface area contributed by atoms with Crippen molar-refractivity contribution < 1.29 is 27.4 Å². The quantitative estimate of drug-likeness (QED) is 0.287. The number of ether oxygens (including phenoxy) is 2. The summed E-state index contributed by atoms with van der Waals surface area (Å²) in [4.78, 5) is 17.3. The van der Waals surface area contributed by atoms with Crippen molar-refractivity contribution >= 4 is 12.1 Å². The summed E-state index contributed by atoms with van der Waals surface area (Å²) in [5.74, 6) is 5.73. The van der Waals surface area contributed by atoms with Gasteiger partial charge in [-0.15, -0.1) is 0 Å². The lowest BCUT2D eigenvalue weighted by Gasteiger charge is -2.32. The van der Waals surface area contributed by atoms with Crippen LogP contribution >= 0.6 is 0 Å². The first-order valence-electron chi connectivity index (χ1n) is 12.1. The lowest BCUT2D eigenvalue weighted by molar-refractivity contribution is -0.143. The van der Waals surface area contributed by atoms with Crippen LogP contribution in [0.3, 0.4) is 0 Å². The van der Waals surface area contributed by atoms with Crippen LogP contribution in [0.2, 0.25) is 0 Å². The first-order chi connectivity index (χ1) is 16.7. The van der Waals surface area contributed by atoms with E-state index in [0.29, 0.717) is 12.8 Å². The summed E-state index contributed by atoms with van der Waals surface area (Å²) in [6.45, 7) is 0.164. The topological polar surface area (TPSA) is 107 Å². The number of carbonyl (C=O) groups excluding carboxylic acids is 1. The molecule has 0 bridgehead atoms. The summed E-state index contributed by atoms with van der Waals surface area (Å²) >= 11 is 0. The molecule has 2 aliphatic carbocycles. The van der Waals surface area contributed by atoms with Crippen LogP contribution in [0.4, 0.5) is 13.2 Å². The number of rotatable bonds is 10. The van der Waals surface area contributed by atoms with Gasteiger partial charge in [0, 0.05) is 20.2 Å². The van der Waals surface area contributed by atoms with Gasteiger partial charge in [0.2, 0.25) is 6.41 Å². The summed E-state index contributed by atoms with van der Waals surface area (Å²) in [6, 6.07) is 2.74. The van der Waals surface area contributed by atoms with Crippen molar-refractivity contribution in [1.29, 1.82) is 0 Å². The van der Waals surface area contributed by atoms with Gasteiger partial charge in [-0.3, -0.25) is 4.79 Å². The molecule has 1 heterocycles. The fourth-order valence-corrected chi connectivity index (χ4v) is 4.96. The van der Waals surface area contributed by atoms with Crippen molar-refractivity contribution in [2.45, 2.75) is 82.2 Å². The number of amides is 1. The lowest BCUT2D eigenvalue weighted by Crippen LogP contribution is -2.44. The number of hydrogen-bond donors (Lipinski definition) is 2. The van der Waals surface area contributed by atoms with Gasteiger partial charge in [-0.05, 0) is 50.7 Å². The third-order valence-corrected chi connectivity index (χ3v) is 6.80. The normalized spacial score (nSPS) is 19.3. The minimum Gasteiger partial charge on any atom is -0.488 e. The van der Waals surface area contributed by atoms with Gasteiger partial charge >= 0.3 is 6.18 Å². The van der Waals surface area contributed by atoms with Gasteiger partial charge in [0.05, 0.1) is 29.7 Å². The minimum absolute atomic E-state index is 0.0613. The minimum atomic E-state index is -4.73. The number of hydrogen-bond acceptors (Lipinski definition) is 7. The second kappa shape index (κ2) is 11.9. The van der Waals surface area contributed by atoms with E-state index in [1.165, 1.54) is 31.3 Å². The van der Waals surface area contributed by atoms with Gasteiger partial charge in [0.25, 0.3) is 0 Å². The zero-order valence-electron chi connectivity index (χ0n) is 20.4. The molecule has 1 amide bonds. The van der Waals surface area contributed by atoms with E-state index in [4.69, 9.17) is 21.1 Å². The molecule has 1 aromatic rings. The van der Waals surface area contributed by atoms with Crippen molar-refractivity contribution in [3.8, 4) is 5.75 Å². The smallest absolute Gasteiger partial charge is 0.437 e. The third-order valence-electron chi connectivity index (χ3n) is 6.80. The van der Waals surface area contributed by atoms with Crippen molar-refractivity contribution in [3.63, 3.8) is 0 Å². The van der Waals surface area contributed by atoms with Crippen LogP contribution in [0.5, 0.6) is 5.75 Å². The molecule has 3 rings (SSSR count). The summed E-state index contributed by atoms with van der Waals surface area (Å²) in [5, 5.41) is 1.20. The molecule has 0 radical (unpaired) electrons. The Morgan fingerprint density at radius 1 is 1.17 bits per heavy atom. The molecular weight excluding hydrogens is 463 g/mol. The number of pyridine rings is 1. The number of halogens is 3. The third kappa shape index (κ3) is 6.78. The Labute approximate surface area is 204 Å². The van der Waals surface area contributed by atoms with E-state index >= 15 is 0 Å². The number of nitrogens with zero attached hydrogens (tertiary/aromatic N) is 3. The Balaban J connectivity index is 1.94. The van der Waals surface area contributed by atoms with Crippen molar-refractivity contribution in [3.05, 3.63) is 29.2 Å². The molecule has 0 aromatic carbocycles. The zero-order valence-corrected chi connectivity index (χ0v) is 20.4. The molecule has 1 aromatic heterocycles. The Morgan fingerprint density at radius 2 is 1.80 bits per heavy atom. The molecule has 196 valence electrons. The molecule has 35 heavy (non-hydrogen) atoms. The van der Waals surface area contributed by atoms with E-state index in [1.54, 1.807) is 4.90 Å². The van der Waals surface area contributed by atoms with Crippen LogP contribution in [0.15, 0.2) is 17.8 Å². The Hall–Kier alpha value is -2.53. The highest BCUT2D eigenvalue weighted by Crippen LogP contribution is 2.37. The van der Waals surface area contributed by atoms with Gasteiger partial charge in [0.1, 0.15) is 6.10 Å². The number of carbonyl (C=O) groups is 1. The van der Waals surface area contributed by atoms with Crippen molar-refractivity contribution in [1.82, 2.24) is 14.9 Å². The number of likely N-dealkylation sites (N-methyl/N-ethyl adjacent to an activating group) is 1. The molecule has 2 saturated carbocycles. The molecule has 1 unspecified atom stereocenters. The van der Waals surface area contributed by atoms with Gasteiger partial charge in [-0.1, -0.05) is 19.3 Å². The molecule has 0 saturated heterocycles. The van der Waals surface area contributed by atoms with E-state index in [0.717, 1.165) is 51.4 Å². The number of methoxy groups -OCH3 is 1. The highest BCUT2D eigenvalue weighted by atomic mass is 19.4. The van der Waals surface area contributed by atoms with E-state index in [9.17, 15) is 18.0 Å². The Bertz CT molecular complexity index is 882. The first kappa shape index (κ1) is 27.1. The molecular formula is C24H36F3N5O3. The summed E-state index contributed by atoms with van der Waals surface area (Å²) < 4.78 is 53.0. The maximum Gasteiger partial charge on any atom is 0.437 e. The fourth-order valence-electron chi connectivity index (χ4n) is 4.96. The van der Waals surface area contributed by atoms with Crippen LogP contribution in [0.1, 0.15) is 69.2 Å². The number of aromatic nitrogens is 1. The fraction of sp³-hybridized carbons (Fsp3) is 0.667. The largest absolute Gasteiger partial charge is 0.488 e. The van der Waals surface area contributed by atoms with Crippen molar-refractivity contribution in [2.24, 2.45) is 11.6 Å².